The molecule has 2 aromatic heterocycles. The van der Waals surface area contributed by atoms with E-state index in [1.54, 1.807) is 6.20 Å². The minimum absolute atomic E-state index is 0.0719. The molecule has 1 fully saturated rings. The minimum atomic E-state index is 0.0719. The number of aromatic nitrogens is 3. The fourth-order valence-corrected chi connectivity index (χ4v) is 4.07. The highest BCUT2D eigenvalue weighted by Crippen LogP contribution is 2.32. The highest BCUT2D eigenvalue weighted by Gasteiger charge is 2.24. The lowest BCUT2D eigenvalue weighted by molar-refractivity contribution is 0.0303. The summed E-state index contributed by atoms with van der Waals surface area (Å²) in [6, 6.07) is 14.6. The zero-order valence-electron chi connectivity index (χ0n) is 16.8. The molecule has 0 radical (unpaired) electrons. The number of fused-ring (bicyclic) bond motifs is 1. The molecular weight excluding hydrogens is 376 g/mol. The molecule has 1 amide bonds. The van der Waals surface area contributed by atoms with Crippen molar-refractivity contribution in [3.8, 4) is 11.1 Å². The molecule has 1 aliphatic heterocycles. The van der Waals surface area contributed by atoms with E-state index in [0.29, 0.717) is 26.3 Å². The Balaban J connectivity index is 1.55. The number of carbonyl (C=O) groups excluding carboxylic acids is 1. The lowest BCUT2D eigenvalue weighted by Crippen LogP contribution is -2.40. The number of morpholine rings is 1. The van der Waals surface area contributed by atoms with Crippen LogP contribution in [0.25, 0.3) is 21.9 Å². The summed E-state index contributed by atoms with van der Waals surface area (Å²) in [5.74, 6) is 0.0719. The first kappa shape index (κ1) is 18.6. The molecule has 4 aromatic rings. The van der Waals surface area contributed by atoms with E-state index in [2.05, 4.69) is 46.1 Å². The maximum atomic E-state index is 13.4. The summed E-state index contributed by atoms with van der Waals surface area (Å²) in [5, 5.41) is 2.33. The van der Waals surface area contributed by atoms with Gasteiger partial charge in [-0.15, -0.1) is 0 Å². The predicted octanol–water partition coefficient (Wildman–Crippen LogP) is 3.68. The molecule has 0 saturated carbocycles. The van der Waals surface area contributed by atoms with Gasteiger partial charge in [0.15, 0.2) is 0 Å². The third-order valence-electron chi connectivity index (χ3n) is 5.66. The molecule has 0 N–H and O–H groups in total. The number of ether oxygens (including phenoxy) is 1. The first-order chi connectivity index (χ1) is 14.8. The molecule has 1 saturated heterocycles. The molecule has 3 heterocycles. The van der Waals surface area contributed by atoms with Crippen LogP contribution in [0.5, 0.6) is 0 Å². The Morgan fingerprint density at radius 2 is 1.73 bits per heavy atom. The maximum Gasteiger partial charge on any atom is 0.256 e. The second kappa shape index (κ2) is 8.16. The third kappa shape index (κ3) is 3.62. The summed E-state index contributed by atoms with van der Waals surface area (Å²) in [4.78, 5) is 19.4. The summed E-state index contributed by atoms with van der Waals surface area (Å²) >= 11 is 0. The van der Waals surface area contributed by atoms with Gasteiger partial charge in [0, 0.05) is 56.5 Å². The van der Waals surface area contributed by atoms with Crippen LogP contribution < -0.4 is 0 Å². The molecule has 0 aliphatic carbocycles. The van der Waals surface area contributed by atoms with Crippen LogP contribution in [0, 0.1) is 0 Å². The molecule has 30 heavy (non-hydrogen) atoms. The van der Waals surface area contributed by atoms with E-state index >= 15 is 0 Å². The quantitative estimate of drug-likeness (QED) is 0.514. The van der Waals surface area contributed by atoms with Crippen molar-refractivity contribution in [2.45, 2.75) is 13.1 Å². The highest BCUT2D eigenvalue weighted by atomic mass is 16.5. The number of aryl methyl sites for hydroxylation is 2. The zero-order chi connectivity index (χ0) is 20.3. The van der Waals surface area contributed by atoms with Crippen molar-refractivity contribution < 1.29 is 9.53 Å². The van der Waals surface area contributed by atoms with Gasteiger partial charge >= 0.3 is 0 Å². The van der Waals surface area contributed by atoms with Crippen molar-refractivity contribution in [2.75, 3.05) is 26.3 Å². The predicted molar refractivity (Wildman–Crippen MR) is 116 cm³/mol. The van der Waals surface area contributed by atoms with E-state index in [9.17, 15) is 4.79 Å². The third-order valence-corrected chi connectivity index (χ3v) is 5.66. The molecule has 6 nitrogen and oxygen atoms in total. The van der Waals surface area contributed by atoms with E-state index in [4.69, 9.17) is 4.74 Å². The van der Waals surface area contributed by atoms with Crippen molar-refractivity contribution in [3.63, 3.8) is 0 Å². The summed E-state index contributed by atoms with van der Waals surface area (Å²) in [5.41, 5.74) is 2.82. The van der Waals surface area contributed by atoms with Crippen LogP contribution >= 0.6 is 0 Å². The number of carbonyl (C=O) groups is 1. The standard InChI is InChI=1S/C24H24N4O2/c29-24(28-12-14-30-15-13-28)23-17-27(11-10-26-9-8-25-18-26)16-22(23)21-7-3-5-19-4-1-2-6-20(19)21/h1-9,16-18H,10-15H2. The van der Waals surface area contributed by atoms with Crippen LogP contribution in [0.4, 0.5) is 0 Å². The Kier molecular flexibility index (Phi) is 5.07. The van der Waals surface area contributed by atoms with Gasteiger partial charge in [-0.25, -0.2) is 4.98 Å². The fraction of sp³-hybridized carbons (Fsp3) is 0.250. The molecule has 0 bridgehead atoms. The molecule has 6 heteroatoms. The monoisotopic (exact) mass is 400 g/mol. The van der Waals surface area contributed by atoms with Gasteiger partial charge in [-0.2, -0.15) is 0 Å². The number of hydrogen-bond donors (Lipinski definition) is 0. The van der Waals surface area contributed by atoms with Crippen molar-refractivity contribution in [1.82, 2.24) is 19.0 Å². The van der Waals surface area contributed by atoms with E-state index in [0.717, 1.165) is 35.2 Å². The number of imidazole rings is 1. The first-order valence-electron chi connectivity index (χ1n) is 10.3. The van der Waals surface area contributed by atoms with Crippen molar-refractivity contribution >= 4 is 16.7 Å². The Morgan fingerprint density at radius 1 is 0.933 bits per heavy atom. The van der Waals surface area contributed by atoms with E-state index in [-0.39, 0.29) is 5.91 Å². The Labute approximate surface area is 175 Å². The van der Waals surface area contributed by atoms with Crippen molar-refractivity contribution in [1.29, 1.82) is 0 Å². The first-order valence-corrected chi connectivity index (χ1v) is 10.3. The summed E-state index contributed by atoms with van der Waals surface area (Å²) in [6.07, 6.45) is 9.65. The zero-order valence-corrected chi connectivity index (χ0v) is 16.8. The molecule has 2 aromatic carbocycles. The topological polar surface area (TPSA) is 52.3 Å². The van der Waals surface area contributed by atoms with Crippen LogP contribution in [0.3, 0.4) is 0 Å². The van der Waals surface area contributed by atoms with E-state index in [1.807, 2.05) is 40.3 Å². The van der Waals surface area contributed by atoms with Crippen LogP contribution in [0.1, 0.15) is 10.4 Å². The molecule has 5 rings (SSSR count). The van der Waals surface area contributed by atoms with Crippen LogP contribution in [-0.4, -0.2) is 51.2 Å². The van der Waals surface area contributed by atoms with Gasteiger partial charge in [0.2, 0.25) is 0 Å². The van der Waals surface area contributed by atoms with Gasteiger partial charge < -0.3 is 18.8 Å². The highest BCUT2D eigenvalue weighted by molar-refractivity contribution is 6.06. The van der Waals surface area contributed by atoms with Gasteiger partial charge in [-0.05, 0) is 16.3 Å². The van der Waals surface area contributed by atoms with Gasteiger partial charge in [0.25, 0.3) is 5.91 Å². The smallest absolute Gasteiger partial charge is 0.256 e. The number of benzene rings is 2. The lowest BCUT2D eigenvalue weighted by atomic mass is 9.97. The van der Waals surface area contributed by atoms with Crippen LogP contribution in [0.15, 0.2) is 73.6 Å². The van der Waals surface area contributed by atoms with Gasteiger partial charge in [0.1, 0.15) is 0 Å². The number of hydrogen-bond acceptors (Lipinski definition) is 3. The average molecular weight is 400 g/mol. The minimum Gasteiger partial charge on any atom is -0.378 e. The lowest BCUT2D eigenvalue weighted by Gasteiger charge is -2.27. The van der Waals surface area contributed by atoms with E-state index < -0.39 is 0 Å². The van der Waals surface area contributed by atoms with Crippen LogP contribution in [0.2, 0.25) is 0 Å². The largest absolute Gasteiger partial charge is 0.378 e. The Morgan fingerprint density at radius 3 is 2.57 bits per heavy atom. The summed E-state index contributed by atoms with van der Waals surface area (Å²) < 4.78 is 9.59. The van der Waals surface area contributed by atoms with Crippen LogP contribution in [-0.2, 0) is 17.8 Å². The maximum absolute atomic E-state index is 13.4. The Hall–Kier alpha value is -3.38. The van der Waals surface area contributed by atoms with Gasteiger partial charge in [-0.3, -0.25) is 4.79 Å². The van der Waals surface area contributed by atoms with Gasteiger partial charge in [-0.1, -0.05) is 42.5 Å². The van der Waals surface area contributed by atoms with Crippen molar-refractivity contribution in [3.05, 3.63) is 79.1 Å². The molecule has 152 valence electrons. The number of rotatable bonds is 5. The molecule has 0 atom stereocenters. The summed E-state index contributed by atoms with van der Waals surface area (Å²) in [6.45, 7) is 4.02. The molecule has 0 spiro atoms. The second-order valence-electron chi connectivity index (χ2n) is 7.56. The molecule has 0 unspecified atom stereocenters. The molecular formula is C24H24N4O2. The van der Waals surface area contributed by atoms with E-state index in [1.165, 1.54) is 5.39 Å². The second-order valence-corrected chi connectivity index (χ2v) is 7.56. The average Bonchev–Trinajstić information content (AvgIpc) is 3.47. The normalized spacial score (nSPS) is 14.3. The van der Waals surface area contributed by atoms with Crippen molar-refractivity contribution in [2.24, 2.45) is 0 Å². The number of nitrogens with zero attached hydrogens (tertiary/aromatic N) is 4. The molecule has 1 aliphatic rings. The SMILES string of the molecule is O=C(c1cn(CCn2ccnc2)cc1-c1cccc2ccccc12)N1CCOCC1. The van der Waals surface area contributed by atoms with Gasteiger partial charge in [0.05, 0.1) is 25.1 Å². The number of amides is 1. The Bertz CT molecular complexity index is 1150. The summed E-state index contributed by atoms with van der Waals surface area (Å²) in [7, 11) is 0. The fourth-order valence-electron chi connectivity index (χ4n) is 4.07.